The van der Waals surface area contributed by atoms with Crippen LogP contribution in [0.15, 0.2) is 4.99 Å². The lowest BCUT2D eigenvalue weighted by Crippen LogP contribution is -2.60. The number of halogens is 4. The maximum absolute atomic E-state index is 14.1. The van der Waals surface area contributed by atoms with Gasteiger partial charge in [-0.1, -0.05) is 6.42 Å². The van der Waals surface area contributed by atoms with Crippen molar-refractivity contribution >= 4 is 29.4 Å². The Hall–Kier alpha value is -1.55. The van der Waals surface area contributed by atoms with Crippen LogP contribution in [-0.2, 0) is 4.79 Å². The molecule has 4 fully saturated rings. The van der Waals surface area contributed by atoms with Gasteiger partial charge in [0.05, 0.1) is 18.0 Å². The molecule has 5 atom stereocenters. The molecule has 0 aromatic rings. The predicted molar refractivity (Wildman–Crippen MR) is 136 cm³/mol. The topological polar surface area (TPSA) is 77.0 Å². The molecule has 0 aromatic carbocycles. The second-order valence-electron chi connectivity index (χ2n) is 11.6. The van der Waals surface area contributed by atoms with Gasteiger partial charge < -0.3 is 15.5 Å². The van der Waals surface area contributed by atoms with Crippen LogP contribution in [0.3, 0.4) is 0 Å². The van der Waals surface area contributed by atoms with E-state index in [9.17, 15) is 22.8 Å². The molecule has 5 unspecified atom stereocenters. The average Bonchev–Trinajstić information content (AvgIpc) is 3.29. The molecule has 0 bridgehead atoms. The normalized spacial score (nSPS) is 37.8. The molecule has 0 aromatic heterocycles. The van der Waals surface area contributed by atoms with Gasteiger partial charge in [-0.3, -0.25) is 14.7 Å². The van der Waals surface area contributed by atoms with Crippen molar-refractivity contribution in [3.63, 3.8) is 0 Å². The molecular weight excluding hydrogens is 507 g/mol. The van der Waals surface area contributed by atoms with Gasteiger partial charge in [-0.25, -0.2) is 4.79 Å². The van der Waals surface area contributed by atoms with Crippen LogP contribution in [0, 0.1) is 23.7 Å². The summed E-state index contributed by atoms with van der Waals surface area (Å²) < 4.78 is 41.6. The molecule has 3 amide bonds. The Morgan fingerprint density at radius 2 is 1.78 bits per heavy atom. The highest BCUT2D eigenvalue weighted by Gasteiger charge is 2.53. The van der Waals surface area contributed by atoms with E-state index in [0.29, 0.717) is 32.5 Å². The molecule has 2 N–H and O–H groups in total. The van der Waals surface area contributed by atoms with Crippen molar-refractivity contribution in [2.45, 2.75) is 87.8 Å². The second kappa shape index (κ2) is 11.3. The van der Waals surface area contributed by atoms with Gasteiger partial charge in [0.25, 0.3) is 0 Å². The van der Waals surface area contributed by atoms with Crippen molar-refractivity contribution in [3.8, 4) is 0 Å². The summed E-state index contributed by atoms with van der Waals surface area (Å²) in [5, 5.41) is 6.30. The highest BCUT2D eigenvalue weighted by atomic mass is 35.5. The third-order valence-electron chi connectivity index (χ3n) is 9.20. The molecule has 208 valence electrons. The van der Waals surface area contributed by atoms with E-state index in [1.165, 1.54) is 0 Å². The Labute approximate surface area is 221 Å². The number of piperazine rings is 1. The fraction of sp³-hybridized carbons (Fsp3) is 0.885. The molecule has 3 heterocycles. The molecule has 2 saturated heterocycles. The minimum Gasteiger partial charge on any atom is -0.353 e. The number of nitrogens with one attached hydrogen (secondary N) is 2. The van der Waals surface area contributed by atoms with E-state index in [1.807, 2.05) is 0 Å². The predicted octanol–water partition coefficient (Wildman–Crippen LogP) is 4.16. The van der Waals surface area contributed by atoms with E-state index < -0.39 is 18.1 Å². The van der Waals surface area contributed by atoms with E-state index in [-0.39, 0.29) is 60.5 Å². The number of nitrogens with zero attached hydrogens (tertiary/aromatic N) is 3. The summed E-state index contributed by atoms with van der Waals surface area (Å²) in [7, 11) is 0. The smallest absolute Gasteiger partial charge is 0.353 e. The summed E-state index contributed by atoms with van der Waals surface area (Å²) in [6.07, 6.45) is 2.43. The van der Waals surface area contributed by atoms with E-state index >= 15 is 0 Å². The first-order valence-corrected chi connectivity index (χ1v) is 14.5. The highest BCUT2D eigenvalue weighted by Crippen LogP contribution is 2.47. The standard InChI is InChI=1S/C26H39ClF3N5O2/c27-20-8-6-16(7-9-20)22-23(17-3-1-5-19(13-17)26(28,29)30)35(24(33-22)18-4-2-10-31-14-18)25(37)34-12-11-32-21(36)15-34/h16-20,22-23,31H,1-15H2,(H,32,36). The Morgan fingerprint density at radius 3 is 2.46 bits per heavy atom. The van der Waals surface area contributed by atoms with Gasteiger partial charge in [0.15, 0.2) is 0 Å². The van der Waals surface area contributed by atoms with Crippen LogP contribution in [0.2, 0.25) is 0 Å². The zero-order valence-corrected chi connectivity index (χ0v) is 22.1. The lowest BCUT2D eigenvalue weighted by molar-refractivity contribution is -0.187. The summed E-state index contributed by atoms with van der Waals surface area (Å²) >= 11 is 6.41. The number of aliphatic imine (C=N–C) groups is 1. The Kier molecular flexibility index (Phi) is 8.24. The van der Waals surface area contributed by atoms with Crippen LogP contribution < -0.4 is 10.6 Å². The number of carbonyl (C=O) groups excluding carboxylic acids is 2. The lowest BCUT2D eigenvalue weighted by Gasteiger charge is -2.44. The molecule has 0 spiro atoms. The molecule has 3 aliphatic heterocycles. The fourth-order valence-electron chi connectivity index (χ4n) is 7.28. The van der Waals surface area contributed by atoms with Crippen LogP contribution in [0.5, 0.6) is 0 Å². The van der Waals surface area contributed by atoms with E-state index in [1.54, 1.807) is 9.80 Å². The van der Waals surface area contributed by atoms with Gasteiger partial charge in [-0.05, 0) is 76.2 Å². The molecule has 7 nitrogen and oxygen atoms in total. The summed E-state index contributed by atoms with van der Waals surface area (Å²) in [6.45, 7) is 2.35. The molecule has 11 heteroatoms. The zero-order valence-electron chi connectivity index (χ0n) is 21.3. The Bertz CT molecular complexity index is 873. The van der Waals surface area contributed by atoms with E-state index in [2.05, 4.69) is 10.6 Å². The fourth-order valence-corrected chi connectivity index (χ4v) is 7.53. The van der Waals surface area contributed by atoms with Gasteiger partial charge in [-0.15, -0.1) is 11.6 Å². The number of alkyl halides is 4. The molecular formula is C26H39ClF3N5O2. The van der Waals surface area contributed by atoms with Gasteiger partial charge in [0, 0.05) is 30.9 Å². The first-order chi connectivity index (χ1) is 17.7. The van der Waals surface area contributed by atoms with Gasteiger partial charge >= 0.3 is 12.2 Å². The Morgan fingerprint density at radius 1 is 1.00 bits per heavy atom. The first-order valence-electron chi connectivity index (χ1n) is 14.1. The summed E-state index contributed by atoms with van der Waals surface area (Å²) in [5.74, 6) is -0.876. The largest absolute Gasteiger partial charge is 0.391 e. The minimum atomic E-state index is -4.24. The third kappa shape index (κ3) is 5.89. The number of urea groups is 1. The van der Waals surface area contributed by atoms with Crippen molar-refractivity contribution in [1.82, 2.24) is 20.4 Å². The van der Waals surface area contributed by atoms with Gasteiger partial charge in [0.1, 0.15) is 12.4 Å². The maximum Gasteiger partial charge on any atom is 0.391 e. The SMILES string of the molecule is O=C1CN(C(=O)N2C(C3CCCNC3)=NC(C3CCC(Cl)CC3)C2C2CCCC(C(F)(F)F)C2)CCN1. The average molecular weight is 546 g/mol. The molecule has 5 rings (SSSR count). The van der Waals surface area contributed by atoms with Crippen LogP contribution in [0.4, 0.5) is 18.0 Å². The van der Waals surface area contributed by atoms with Crippen LogP contribution in [-0.4, -0.2) is 83.9 Å². The number of amides is 3. The molecule has 0 radical (unpaired) electrons. The lowest BCUT2D eigenvalue weighted by atomic mass is 9.71. The van der Waals surface area contributed by atoms with Gasteiger partial charge in [0.2, 0.25) is 5.91 Å². The minimum absolute atomic E-state index is 0.0316. The zero-order chi connectivity index (χ0) is 26.2. The number of amidine groups is 1. The number of hydrogen-bond acceptors (Lipinski definition) is 4. The first kappa shape index (κ1) is 27.0. The van der Waals surface area contributed by atoms with Crippen molar-refractivity contribution in [3.05, 3.63) is 0 Å². The van der Waals surface area contributed by atoms with Crippen LogP contribution >= 0.6 is 11.6 Å². The van der Waals surface area contributed by atoms with Gasteiger partial charge in [-0.2, -0.15) is 13.2 Å². The number of hydrogen-bond donors (Lipinski definition) is 2. The summed E-state index contributed by atoms with van der Waals surface area (Å²) in [5.41, 5.74) is 0. The van der Waals surface area contributed by atoms with Crippen molar-refractivity contribution in [1.29, 1.82) is 0 Å². The highest BCUT2D eigenvalue weighted by molar-refractivity contribution is 6.20. The molecule has 2 aliphatic carbocycles. The third-order valence-corrected chi connectivity index (χ3v) is 9.63. The Balaban J connectivity index is 1.50. The quantitative estimate of drug-likeness (QED) is 0.523. The summed E-state index contributed by atoms with van der Waals surface area (Å²) in [6, 6.07) is -0.899. The van der Waals surface area contributed by atoms with Crippen molar-refractivity contribution < 1.29 is 22.8 Å². The van der Waals surface area contributed by atoms with E-state index in [4.69, 9.17) is 16.6 Å². The van der Waals surface area contributed by atoms with E-state index in [0.717, 1.165) is 50.9 Å². The van der Waals surface area contributed by atoms with Crippen LogP contribution in [0.25, 0.3) is 0 Å². The van der Waals surface area contributed by atoms with Crippen molar-refractivity contribution in [2.75, 3.05) is 32.7 Å². The molecule has 2 saturated carbocycles. The number of piperidine rings is 1. The number of carbonyl (C=O) groups is 2. The van der Waals surface area contributed by atoms with Crippen molar-refractivity contribution in [2.24, 2.45) is 28.7 Å². The molecule has 37 heavy (non-hydrogen) atoms. The second-order valence-corrected chi connectivity index (χ2v) is 12.2. The monoisotopic (exact) mass is 545 g/mol. The molecule has 5 aliphatic rings. The summed E-state index contributed by atoms with van der Waals surface area (Å²) in [4.78, 5) is 34.9. The number of rotatable bonds is 3. The maximum atomic E-state index is 14.1. The van der Waals surface area contributed by atoms with Crippen LogP contribution in [0.1, 0.15) is 64.2 Å².